The summed E-state index contributed by atoms with van der Waals surface area (Å²) in [5, 5.41) is 9.80. The number of carboxylic acid groups (broad SMARTS) is 1. The first-order chi connectivity index (χ1) is 15.6. The third kappa shape index (κ3) is 6.00. The molecule has 2 heterocycles. The van der Waals surface area contributed by atoms with Crippen LogP contribution in [0.3, 0.4) is 0 Å². The third-order valence-corrected chi connectivity index (χ3v) is 5.81. The fourth-order valence-corrected chi connectivity index (χ4v) is 4.20. The van der Waals surface area contributed by atoms with Crippen molar-refractivity contribution in [1.82, 2.24) is 19.8 Å². The number of piperidine rings is 1. The molecule has 0 aliphatic carbocycles. The van der Waals surface area contributed by atoms with Crippen molar-refractivity contribution in [3.05, 3.63) is 42.7 Å². The van der Waals surface area contributed by atoms with E-state index in [2.05, 4.69) is 9.97 Å². The van der Waals surface area contributed by atoms with Gasteiger partial charge in [-0.2, -0.15) is 0 Å². The van der Waals surface area contributed by atoms with E-state index in [-0.39, 0.29) is 17.9 Å². The summed E-state index contributed by atoms with van der Waals surface area (Å²) in [6.07, 6.45) is 3.56. The highest BCUT2D eigenvalue weighted by Gasteiger charge is 2.41. The zero-order chi connectivity index (χ0) is 24.2. The van der Waals surface area contributed by atoms with Crippen molar-refractivity contribution in [2.75, 3.05) is 13.1 Å². The van der Waals surface area contributed by atoms with Gasteiger partial charge in [-0.3, -0.25) is 9.69 Å². The van der Waals surface area contributed by atoms with Gasteiger partial charge in [0.25, 0.3) is 0 Å². The van der Waals surface area contributed by atoms with E-state index in [9.17, 15) is 14.7 Å². The standard InChI is InChI=1S/C25H34N4O4/c1-17(2)21(29(24(31)32)25(3,4)5)23(30)28-13-11-19(12-14-28)33-20-15-26-22(27-16-20)18-9-7-6-8-10-18/h6-10,15-17,19,21H,11-14H2,1-5H3,(H,31,32)/t21-/m0/s1. The third-order valence-electron chi connectivity index (χ3n) is 5.81. The molecular formula is C25H34N4O4. The van der Waals surface area contributed by atoms with Gasteiger partial charge in [0.2, 0.25) is 5.91 Å². The normalized spacial score (nSPS) is 15.9. The van der Waals surface area contributed by atoms with E-state index in [1.807, 2.05) is 65.0 Å². The summed E-state index contributed by atoms with van der Waals surface area (Å²) >= 11 is 0. The van der Waals surface area contributed by atoms with Gasteiger partial charge in [-0.05, 0) is 26.7 Å². The highest BCUT2D eigenvalue weighted by atomic mass is 16.5. The number of hydrogen-bond acceptors (Lipinski definition) is 5. The molecule has 1 saturated heterocycles. The molecule has 3 rings (SSSR count). The van der Waals surface area contributed by atoms with E-state index < -0.39 is 17.7 Å². The molecule has 8 heteroatoms. The molecule has 0 saturated carbocycles. The second-order valence-corrected chi connectivity index (χ2v) is 9.76. The first-order valence-electron chi connectivity index (χ1n) is 11.4. The summed E-state index contributed by atoms with van der Waals surface area (Å²) in [4.78, 5) is 37.1. The Morgan fingerprint density at radius 2 is 1.67 bits per heavy atom. The van der Waals surface area contributed by atoms with Crippen molar-refractivity contribution in [3.8, 4) is 17.1 Å². The van der Waals surface area contributed by atoms with Crippen LogP contribution in [-0.4, -0.2) is 67.6 Å². The van der Waals surface area contributed by atoms with E-state index in [0.717, 1.165) is 5.56 Å². The van der Waals surface area contributed by atoms with Crippen LogP contribution < -0.4 is 4.74 Å². The molecule has 1 aliphatic heterocycles. The average molecular weight is 455 g/mol. The monoisotopic (exact) mass is 454 g/mol. The molecule has 33 heavy (non-hydrogen) atoms. The average Bonchev–Trinajstić information content (AvgIpc) is 2.77. The lowest BCUT2D eigenvalue weighted by Crippen LogP contribution is -2.60. The number of hydrogen-bond donors (Lipinski definition) is 1. The van der Waals surface area contributed by atoms with Gasteiger partial charge < -0.3 is 14.7 Å². The zero-order valence-electron chi connectivity index (χ0n) is 20.1. The molecule has 2 amide bonds. The maximum Gasteiger partial charge on any atom is 0.408 e. The molecule has 178 valence electrons. The van der Waals surface area contributed by atoms with Crippen molar-refractivity contribution >= 4 is 12.0 Å². The van der Waals surface area contributed by atoms with Gasteiger partial charge in [0, 0.05) is 37.0 Å². The van der Waals surface area contributed by atoms with E-state index >= 15 is 0 Å². The highest BCUT2D eigenvalue weighted by molar-refractivity contribution is 5.86. The van der Waals surface area contributed by atoms with Crippen LogP contribution in [0.25, 0.3) is 11.4 Å². The van der Waals surface area contributed by atoms with E-state index in [1.54, 1.807) is 17.3 Å². The van der Waals surface area contributed by atoms with Gasteiger partial charge in [-0.25, -0.2) is 14.8 Å². The molecule has 1 atom stereocenters. The number of nitrogens with zero attached hydrogens (tertiary/aromatic N) is 4. The molecule has 0 unspecified atom stereocenters. The van der Waals surface area contributed by atoms with E-state index in [4.69, 9.17) is 4.74 Å². The summed E-state index contributed by atoms with van der Waals surface area (Å²) in [6.45, 7) is 10.3. The molecule has 1 aromatic carbocycles. The van der Waals surface area contributed by atoms with Crippen LogP contribution in [0.1, 0.15) is 47.5 Å². The number of aromatic nitrogens is 2. The van der Waals surface area contributed by atoms with Crippen LogP contribution in [-0.2, 0) is 4.79 Å². The molecule has 1 aromatic heterocycles. The molecule has 8 nitrogen and oxygen atoms in total. The van der Waals surface area contributed by atoms with E-state index in [0.29, 0.717) is 37.5 Å². The minimum Gasteiger partial charge on any atom is -0.487 e. The van der Waals surface area contributed by atoms with E-state index in [1.165, 1.54) is 4.90 Å². The Morgan fingerprint density at radius 3 is 2.15 bits per heavy atom. The molecule has 1 fully saturated rings. The largest absolute Gasteiger partial charge is 0.487 e. The first-order valence-corrected chi connectivity index (χ1v) is 11.4. The van der Waals surface area contributed by atoms with Crippen LogP contribution in [0.15, 0.2) is 42.7 Å². The zero-order valence-corrected chi connectivity index (χ0v) is 20.1. The van der Waals surface area contributed by atoms with Crippen LogP contribution in [0.2, 0.25) is 0 Å². The van der Waals surface area contributed by atoms with Crippen molar-refractivity contribution in [2.24, 2.45) is 5.92 Å². The molecule has 2 aromatic rings. The van der Waals surface area contributed by atoms with Crippen molar-refractivity contribution in [2.45, 2.75) is 65.1 Å². The fourth-order valence-electron chi connectivity index (χ4n) is 4.20. The van der Waals surface area contributed by atoms with Gasteiger partial charge in [-0.1, -0.05) is 44.2 Å². The van der Waals surface area contributed by atoms with Gasteiger partial charge in [-0.15, -0.1) is 0 Å². The Balaban J connectivity index is 1.60. The predicted octanol–water partition coefficient (Wildman–Crippen LogP) is 4.32. The Kier molecular flexibility index (Phi) is 7.56. The predicted molar refractivity (Wildman–Crippen MR) is 126 cm³/mol. The minimum atomic E-state index is -1.08. The van der Waals surface area contributed by atoms with Crippen LogP contribution in [0.5, 0.6) is 5.75 Å². The number of amides is 2. The molecule has 0 spiro atoms. The lowest BCUT2D eigenvalue weighted by Gasteiger charge is -2.43. The van der Waals surface area contributed by atoms with Gasteiger partial charge >= 0.3 is 6.09 Å². The number of benzene rings is 1. The number of likely N-dealkylation sites (tertiary alicyclic amines) is 1. The van der Waals surface area contributed by atoms with Gasteiger partial charge in [0.15, 0.2) is 11.6 Å². The maximum atomic E-state index is 13.3. The summed E-state index contributed by atoms with van der Waals surface area (Å²) in [5.41, 5.74) is 0.269. The summed E-state index contributed by atoms with van der Waals surface area (Å²) in [6, 6.07) is 9.03. The molecule has 0 bridgehead atoms. The number of ether oxygens (including phenoxy) is 1. The van der Waals surface area contributed by atoms with Crippen LogP contribution in [0.4, 0.5) is 4.79 Å². The number of carbonyl (C=O) groups is 2. The summed E-state index contributed by atoms with van der Waals surface area (Å²) in [5.74, 6) is 0.965. The summed E-state index contributed by atoms with van der Waals surface area (Å²) < 4.78 is 6.05. The van der Waals surface area contributed by atoms with Crippen molar-refractivity contribution < 1.29 is 19.4 Å². The van der Waals surface area contributed by atoms with Crippen molar-refractivity contribution in [1.29, 1.82) is 0 Å². The molecule has 1 N–H and O–H groups in total. The topological polar surface area (TPSA) is 95.9 Å². The maximum absolute atomic E-state index is 13.3. The van der Waals surface area contributed by atoms with Crippen molar-refractivity contribution in [3.63, 3.8) is 0 Å². The highest BCUT2D eigenvalue weighted by Crippen LogP contribution is 2.26. The molecule has 1 aliphatic rings. The Morgan fingerprint density at radius 1 is 1.09 bits per heavy atom. The molecular weight excluding hydrogens is 420 g/mol. The quantitative estimate of drug-likeness (QED) is 0.698. The van der Waals surface area contributed by atoms with Crippen LogP contribution in [0, 0.1) is 5.92 Å². The Bertz CT molecular complexity index is 933. The lowest BCUT2D eigenvalue weighted by molar-refractivity contribution is -0.141. The van der Waals surface area contributed by atoms with Crippen LogP contribution >= 0.6 is 0 Å². The number of rotatable bonds is 6. The Labute approximate surface area is 195 Å². The number of carbonyl (C=O) groups excluding carboxylic acids is 1. The Hall–Kier alpha value is -3.16. The second kappa shape index (κ2) is 10.2. The smallest absolute Gasteiger partial charge is 0.408 e. The molecule has 0 radical (unpaired) electrons. The summed E-state index contributed by atoms with van der Waals surface area (Å²) in [7, 11) is 0. The minimum absolute atomic E-state index is 0.0454. The first kappa shape index (κ1) is 24.5. The lowest BCUT2D eigenvalue weighted by atomic mass is 9.94. The van der Waals surface area contributed by atoms with Gasteiger partial charge in [0.1, 0.15) is 12.1 Å². The fraction of sp³-hybridized carbons (Fsp3) is 0.520. The second-order valence-electron chi connectivity index (χ2n) is 9.76. The SMILES string of the molecule is CC(C)[C@@H](C(=O)N1CCC(Oc2cnc(-c3ccccc3)nc2)CC1)N(C(=O)O)C(C)(C)C. The van der Waals surface area contributed by atoms with Gasteiger partial charge in [0.05, 0.1) is 12.4 Å².